The number of anilines is 1. The van der Waals surface area contributed by atoms with E-state index in [2.05, 4.69) is 6.92 Å². The number of carbonyl (C=O) groups is 2. The van der Waals surface area contributed by atoms with Gasteiger partial charge in [0, 0.05) is 17.6 Å². The Morgan fingerprint density at radius 3 is 2.56 bits per heavy atom. The van der Waals surface area contributed by atoms with Gasteiger partial charge in [0.25, 0.3) is 0 Å². The molecule has 2 heterocycles. The number of rotatable bonds is 5. The van der Waals surface area contributed by atoms with Crippen LogP contribution in [-0.2, 0) is 22.5 Å². The Labute approximate surface area is 150 Å². The van der Waals surface area contributed by atoms with Crippen molar-refractivity contribution in [2.45, 2.75) is 19.9 Å². The topological polar surface area (TPSA) is 51.5 Å². The Balaban J connectivity index is 1.97. The van der Waals surface area contributed by atoms with Crippen LogP contribution >= 0.6 is 11.3 Å². The molecular weight excluding hydrogens is 336 g/mol. The molecule has 6 heteroatoms. The predicted octanol–water partition coefficient (Wildman–Crippen LogP) is 3.71. The first kappa shape index (κ1) is 17.2. The van der Waals surface area contributed by atoms with Crippen molar-refractivity contribution in [2.24, 2.45) is 0 Å². The quantitative estimate of drug-likeness (QED) is 0.655. The minimum Gasteiger partial charge on any atom is -0.464 e. The highest BCUT2D eigenvalue weighted by Gasteiger charge is 2.21. The second-order valence-corrected chi connectivity index (χ2v) is 6.88. The van der Waals surface area contributed by atoms with E-state index in [1.807, 2.05) is 36.4 Å². The molecule has 0 saturated heterocycles. The molecule has 0 unspecified atom stereocenters. The lowest BCUT2D eigenvalue weighted by Gasteiger charge is -2.18. The highest BCUT2D eigenvalue weighted by molar-refractivity contribution is 7.19. The predicted molar refractivity (Wildman–Crippen MR) is 100 cm³/mol. The van der Waals surface area contributed by atoms with Crippen LogP contribution in [0.15, 0.2) is 42.5 Å². The number of nitrogens with zero attached hydrogens (tertiary/aromatic N) is 2. The van der Waals surface area contributed by atoms with Gasteiger partial charge in [0.05, 0.1) is 17.3 Å². The van der Waals surface area contributed by atoms with Crippen LogP contribution in [0.5, 0.6) is 0 Å². The van der Waals surface area contributed by atoms with Crippen LogP contribution in [0.25, 0.3) is 10.2 Å². The highest BCUT2D eigenvalue weighted by Crippen LogP contribution is 2.30. The molecule has 0 aliphatic rings. The van der Waals surface area contributed by atoms with Gasteiger partial charge in [-0.05, 0) is 30.7 Å². The zero-order chi connectivity index (χ0) is 18.0. The molecule has 0 aliphatic carbocycles. The molecule has 0 saturated carbocycles. The smallest absolute Gasteiger partial charge is 0.354 e. The van der Waals surface area contributed by atoms with Crippen LogP contribution < -0.4 is 4.90 Å². The van der Waals surface area contributed by atoms with Gasteiger partial charge in [-0.3, -0.25) is 4.79 Å². The number of benzene rings is 1. The van der Waals surface area contributed by atoms with Gasteiger partial charge in [-0.1, -0.05) is 25.1 Å². The first-order chi connectivity index (χ1) is 12.0. The molecule has 0 spiro atoms. The van der Waals surface area contributed by atoms with Crippen LogP contribution in [0.1, 0.15) is 22.3 Å². The van der Waals surface area contributed by atoms with Crippen molar-refractivity contribution in [3.63, 3.8) is 0 Å². The number of para-hydroxylation sites is 1. The SMILES string of the molecule is CCc1cc2c(cc(C(=O)OC)n2CC(=O)N(C)c2ccccc2)s1. The van der Waals surface area contributed by atoms with Crippen LogP contribution in [0.3, 0.4) is 0 Å². The summed E-state index contributed by atoms with van der Waals surface area (Å²) in [4.78, 5) is 27.7. The summed E-state index contributed by atoms with van der Waals surface area (Å²) >= 11 is 1.64. The third kappa shape index (κ3) is 3.30. The van der Waals surface area contributed by atoms with Crippen molar-refractivity contribution in [3.8, 4) is 0 Å². The van der Waals surface area contributed by atoms with E-state index in [0.717, 1.165) is 22.3 Å². The minimum absolute atomic E-state index is 0.0826. The molecule has 130 valence electrons. The number of hydrogen-bond acceptors (Lipinski definition) is 4. The highest BCUT2D eigenvalue weighted by atomic mass is 32.1. The van der Waals surface area contributed by atoms with Crippen LogP contribution in [-0.4, -0.2) is 30.6 Å². The first-order valence-electron chi connectivity index (χ1n) is 8.07. The van der Waals surface area contributed by atoms with Crippen molar-refractivity contribution in [1.29, 1.82) is 0 Å². The Morgan fingerprint density at radius 1 is 1.20 bits per heavy atom. The number of ether oxygens (including phenoxy) is 1. The van der Waals surface area contributed by atoms with Crippen LogP contribution in [0.4, 0.5) is 5.69 Å². The summed E-state index contributed by atoms with van der Waals surface area (Å²) in [5, 5.41) is 0. The van der Waals surface area contributed by atoms with Crippen LogP contribution in [0.2, 0.25) is 0 Å². The standard InChI is InChI=1S/C19H20N2O3S/c1-4-14-10-15-17(25-14)11-16(19(23)24-3)21(15)12-18(22)20(2)13-8-6-5-7-9-13/h5-11H,4,12H2,1-3H3. The summed E-state index contributed by atoms with van der Waals surface area (Å²) in [5.74, 6) is -0.533. The van der Waals surface area contributed by atoms with Gasteiger partial charge in [0.1, 0.15) is 12.2 Å². The van der Waals surface area contributed by atoms with Crippen molar-refractivity contribution < 1.29 is 14.3 Å². The summed E-state index contributed by atoms with van der Waals surface area (Å²) in [7, 11) is 3.09. The summed E-state index contributed by atoms with van der Waals surface area (Å²) in [6, 6.07) is 13.3. The average molecular weight is 356 g/mol. The lowest BCUT2D eigenvalue weighted by molar-refractivity contribution is -0.118. The number of fused-ring (bicyclic) bond motifs is 1. The lowest BCUT2D eigenvalue weighted by atomic mass is 10.3. The number of esters is 1. The molecule has 0 radical (unpaired) electrons. The normalized spacial score (nSPS) is 10.8. The third-order valence-electron chi connectivity index (χ3n) is 4.19. The van der Waals surface area contributed by atoms with Gasteiger partial charge < -0.3 is 14.2 Å². The molecular formula is C19H20N2O3S. The van der Waals surface area contributed by atoms with Crippen molar-refractivity contribution in [3.05, 3.63) is 53.0 Å². The van der Waals surface area contributed by atoms with E-state index in [-0.39, 0.29) is 12.5 Å². The number of methoxy groups -OCH3 is 1. The summed E-state index contributed by atoms with van der Waals surface area (Å²) in [6.07, 6.45) is 0.921. The molecule has 0 bridgehead atoms. The molecule has 25 heavy (non-hydrogen) atoms. The second-order valence-electron chi connectivity index (χ2n) is 5.71. The molecule has 3 aromatic rings. The Hall–Kier alpha value is -2.60. The fraction of sp³-hybridized carbons (Fsp3) is 0.263. The van der Waals surface area contributed by atoms with E-state index < -0.39 is 5.97 Å². The molecule has 0 atom stereocenters. The molecule has 3 rings (SSSR count). The number of likely N-dealkylation sites (N-methyl/N-ethyl adjacent to an activating group) is 1. The Kier molecular flexibility index (Phi) is 4.90. The monoisotopic (exact) mass is 356 g/mol. The van der Waals surface area contributed by atoms with E-state index in [9.17, 15) is 9.59 Å². The largest absolute Gasteiger partial charge is 0.464 e. The fourth-order valence-corrected chi connectivity index (χ4v) is 3.79. The van der Waals surface area contributed by atoms with Gasteiger partial charge in [0.2, 0.25) is 5.91 Å². The zero-order valence-corrected chi connectivity index (χ0v) is 15.3. The maximum absolute atomic E-state index is 12.8. The fourth-order valence-electron chi connectivity index (χ4n) is 2.75. The number of thiophene rings is 1. The van der Waals surface area contributed by atoms with Crippen molar-refractivity contribution in [2.75, 3.05) is 19.1 Å². The Bertz CT molecular complexity index is 912. The molecule has 5 nitrogen and oxygen atoms in total. The summed E-state index contributed by atoms with van der Waals surface area (Å²) < 4.78 is 7.62. The van der Waals surface area contributed by atoms with Gasteiger partial charge in [-0.15, -0.1) is 11.3 Å². The maximum atomic E-state index is 12.8. The first-order valence-corrected chi connectivity index (χ1v) is 8.88. The summed E-state index contributed by atoms with van der Waals surface area (Å²) in [6.45, 7) is 2.17. The molecule has 0 N–H and O–H groups in total. The summed E-state index contributed by atoms with van der Waals surface area (Å²) in [5.41, 5.74) is 2.12. The minimum atomic E-state index is -0.434. The van der Waals surface area contributed by atoms with Gasteiger partial charge in [-0.2, -0.15) is 0 Å². The third-order valence-corrected chi connectivity index (χ3v) is 5.41. The number of hydrogen-bond donors (Lipinski definition) is 0. The molecule has 0 aliphatic heterocycles. The van der Waals surface area contributed by atoms with Gasteiger partial charge >= 0.3 is 5.97 Å². The lowest BCUT2D eigenvalue weighted by Crippen LogP contribution is -2.30. The molecule has 2 aromatic heterocycles. The number of aryl methyl sites for hydroxylation is 1. The Morgan fingerprint density at radius 2 is 1.92 bits per heavy atom. The van der Waals surface area contributed by atoms with E-state index >= 15 is 0 Å². The average Bonchev–Trinajstić information content (AvgIpc) is 3.19. The van der Waals surface area contributed by atoms with Gasteiger partial charge in [0.15, 0.2) is 0 Å². The van der Waals surface area contributed by atoms with Crippen LogP contribution in [0, 0.1) is 0 Å². The number of aromatic nitrogens is 1. The van der Waals surface area contributed by atoms with E-state index in [1.54, 1.807) is 33.9 Å². The number of carbonyl (C=O) groups excluding carboxylic acids is 2. The van der Waals surface area contributed by atoms with E-state index in [4.69, 9.17) is 4.74 Å². The van der Waals surface area contributed by atoms with E-state index in [1.165, 1.54) is 12.0 Å². The van der Waals surface area contributed by atoms with Crippen molar-refractivity contribution >= 4 is 39.1 Å². The molecule has 1 aromatic carbocycles. The van der Waals surface area contributed by atoms with E-state index in [0.29, 0.717) is 5.69 Å². The van der Waals surface area contributed by atoms with Crippen molar-refractivity contribution in [1.82, 2.24) is 4.57 Å². The number of amides is 1. The van der Waals surface area contributed by atoms with Gasteiger partial charge in [-0.25, -0.2) is 4.79 Å². The second kappa shape index (κ2) is 7.11. The maximum Gasteiger partial charge on any atom is 0.354 e. The zero-order valence-electron chi connectivity index (χ0n) is 14.5. The molecule has 0 fully saturated rings. The molecule has 1 amide bonds.